The van der Waals surface area contributed by atoms with E-state index in [0.29, 0.717) is 24.2 Å². The molecule has 1 aliphatic rings. The molecule has 2 aromatic heterocycles. The fourth-order valence-corrected chi connectivity index (χ4v) is 2.14. The molecule has 2 aromatic rings. The van der Waals surface area contributed by atoms with Crippen molar-refractivity contribution in [2.45, 2.75) is 18.9 Å². The highest BCUT2D eigenvalue weighted by atomic mass is 16.5. The van der Waals surface area contributed by atoms with Crippen LogP contribution in [0.25, 0.3) is 11.1 Å². The largest absolute Gasteiger partial charge is 0.336 e. The summed E-state index contributed by atoms with van der Waals surface area (Å²) in [7, 11) is 0. The monoisotopic (exact) mass is 219 g/mol. The standard InChI is InChI=1S/C10H13N5O/c11-4-8-2-1-3-15(8)10-12-5-7-6-13-16-9(7)14-10/h5-6,8H,1-4,11H2. The highest BCUT2D eigenvalue weighted by Crippen LogP contribution is 2.22. The Morgan fingerprint density at radius 3 is 3.31 bits per heavy atom. The van der Waals surface area contributed by atoms with Crippen LogP contribution in [0.1, 0.15) is 12.8 Å². The number of nitrogens with two attached hydrogens (primary N) is 1. The summed E-state index contributed by atoms with van der Waals surface area (Å²) in [6.45, 7) is 1.60. The van der Waals surface area contributed by atoms with Gasteiger partial charge in [-0.15, -0.1) is 0 Å². The molecule has 0 aliphatic carbocycles. The van der Waals surface area contributed by atoms with Crippen molar-refractivity contribution in [2.75, 3.05) is 18.0 Å². The maximum atomic E-state index is 5.72. The Kier molecular flexibility index (Phi) is 2.21. The SMILES string of the molecule is NCC1CCCN1c1ncc2cnoc2n1. The van der Waals surface area contributed by atoms with E-state index in [1.54, 1.807) is 12.4 Å². The highest BCUT2D eigenvalue weighted by molar-refractivity contribution is 5.71. The minimum absolute atomic E-state index is 0.348. The third-order valence-corrected chi connectivity index (χ3v) is 3.00. The Hall–Kier alpha value is -1.69. The van der Waals surface area contributed by atoms with E-state index in [4.69, 9.17) is 10.3 Å². The molecule has 84 valence electrons. The van der Waals surface area contributed by atoms with Crippen molar-refractivity contribution in [3.8, 4) is 0 Å². The van der Waals surface area contributed by atoms with Gasteiger partial charge >= 0.3 is 0 Å². The van der Waals surface area contributed by atoms with Gasteiger partial charge in [0.05, 0.1) is 11.6 Å². The summed E-state index contributed by atoms with van der Waals surface area (Å²) in [6.07, 6.45) is 5.59. The number of hydrogen-bond acceptors (Lipinski definition) is 6. The average Bonchev–Trinajstić information content (AvgIpc) is 2.96. The summed E-state index contributed by atoms with van der Waals surface area (Å²) in [6, 6.07) is 0.348. The summed E-state index contributed by atoms with van der Waals surface area (Å²) < 4.78 is 5.03. The second kappa shape index (κ2) is 3.71. The molecule has 0 spiro atoms. The summed E-state index contributed by atoms with van der Waals surface area (Å²) >= 11 is 0. The molecule has 0 radical (unpaired) electrons. The second-order valence-electron chi connectivity index (χ2n) is 3.98. The van der Waals surface area contributed by atoms with Crippen molar-refractivity contribution in [1.29, 1.82) is 0 Å². The second-order valence-corrected chi connectivity index (χ2v) is 3.98. The van der Waals surface area contributed by atoms with Crippen molar-refractivity contribution in [2.24, 2.45) is 5.73 Å². The van der Waals surface area contributed by atoms with Crippen molar-refractivity contribution in [3.05, 3.63) is 12.4 Å². The first kappa shape index (κ1) is 9.53. The first-order valence-electron chi connectivity index (χ1n) is 5.42. The summed E-state index contributed by atoms with van der Waals surface area (Å²) in [5.41, 5.74) is 6.26. The molecule has 1 atom stereocenters. The number of anilines is 1. The Bertz CT molecular complexity index is 497. The molecule has 1 fully saturated rings. The Labute approximate surface area is 92.4 Å². The Morgan fingerprint density at radius 1 is 1.50 bits per heavy atom. The van der Waals surface area contributed by atoms with Crippen LogP contribution in [0.3, 0.4) is 0 Å². The van der Waals surface area contributed by atoms with E-state index in [9.17, 15) is 0 Å². The van der Waals surface area contributed by atoms with Gasteiger partial charge < -0.3 is 15.2 Å². The van der Waals surface area contributed by atoms with E-state index in [1.165, 1.54) is 0 Å². The molecule has 6 heteroatoms. The van der Waals surface area contributed by atoms with Crippen molar-refractivity contribution < 1.29 is 4.52 Å². The van der Waals surface area contributed by atoms with E-state index >= 15 is 0 Å². The first-order chi connectivity index (χ1) is 7.88. The minimum Gasteiger partial charge on any atom is -0.336 e. The van der Waals surface area contributed by atoms with Gasteiger partial charge in [0.2, 0.25) is 5.95 Å². The zero-order valence-corrected chi connectivity index (χ0v) is 8.83. The quantitative estimate of drug-likeness (QED) is 0.794. The summed E-state index contributed by atoms with van der Waals surface area (Å²) in [5, 5.41) is 4.51. The van der Waals surface area contributed by atoms with Gasteiger partial charge in [0.25, 0.3) is 5.71 Å². The lowest BCUT2D eigenvalue weighted by Gasteiger charge is -2.22. The normalized spacial score (nSPS) is 20.8. The van der Waals surface area contributed by atoms with Gasteiger partial charge in [-0.1, -0.05) is 5.16 Å². The lowest BCUT2D eigenvalue weighted by molar-refractivity contribution is 0.448. The molecule has 1 aliphatic heterocycles. The molecule has 1 saturated heterocycles. The van der Waals surface area contributed by atoms with Crippen LogP contribution in [0.4, 0.5) is 5.95 Å². The van der Waals surface area contributed by atoms with Gasteiger partial charge in [-0.25, -0.2) is 4.98 Å². The molecule has 0 bridgehead atoms. The lowest BCUT2D eigenvalue weighted by Crippen LogP contribution is -2.36. The molecule has 3 rings (SSSR count). The molecule has 6 nitrogen and oxygen atoms in total. The van der Waals surface area contributed by atoms with E-state index in [2.05, 4.69) is 20.0 Å². The molecule has 0 saturated carbocycles. The van der Waals surface area contributed by atoms with Crippen LogP contribution in [0.5, 0.6) is 0 Å². The third-order valence-electron chi connectivity index (χ3n) is 3.00. The van der Waals surface area contributed by atoms with Crippen LogP contribution in [0, 0.1) is 0 Å². The van der Waals surface area contributed by atoms with Crippen LogP contribution < -0.4 is 10.6 Å². The molecular weight excluding hydrogens is 206 g/mol. The van der Waals surface area contributed by atoms with E-state index in [1.807, 2.05) is 0 Å². The van der Waals surface area contributed by atoms with Crippen LogP contribution >= 0.6 is 0 Å². The maximum absolute atomic E-state index is 5.72. The molecule has 3 heterocycles. The average molecular weight is 219 g/mol. The number of nitrogens with zero attached hydrogens (tertiary/aromatic N) is 4. The van der Waals surface area contributed by atoms with Gasteiger partial charge in [-0.05, 0) is 12.8 Å². The first-order valence-corrected chi connectivity index (χ1v) is 5.42. The van der Waals surface area contributed by atoms with E-state index < -0.39 is 0 Å². The number of aromatic nitrogens is 3. The molecule has 2 N–H and O–H groups in total. The smallest absolute Gasteiger partial charge is 0.262 e. The number of fused-ring (bicyclic) bond motifs is 1. The predicted molar refractivity (Wildman–Crippen MR) is 59.0 cm³/mol. The highest BCUT2D eigenvalue weighted by Gasteiger charge is 2.25. The van der Waals surface area contributed by atoms with Crippen LogP contribution in [0.2, 0.25) is 0 Å². The van der Waals surface area contributed by atoms with Crippen LogP contribution in [0.15, 0.2) is 16.9 Å². The van der Waals surface area contributed by atoms with Gasteiger partial charge in [0.15, 0.2) is 0 Å². The zero-order valence-electron chi connectivity index (χ0n) is 8.83. The fraction of sp³-hybridized carbons (Fsp3) is 0.500. The molecule has 16 heavy (non-hydrogen) atoms. The minimum atomic E-state index is 0.348. The fourth-order valence-electron chi connectivity index (χ4n) is 2.14. The Morgan fingerprint density at radius 2 is 2.44 bits per heavy atom. The Balaban J connectivity index is 1.98. The third kappa shape index (κ3) is 1.42. The molecule has 1 unspecified atom stereocenters. The molecule has 0 amide bonds. The number of rotatable bonds is 2. The molecule has 0 aromatic carbocycles. The van der Waals surface area contributed by atoms with Crippen LogP contribution in [-0.4, -0.2) is 34.3 Å². The van der Waals surface area contributed by atoms with Gasteiger partial charge in [0.1, 0.15) is 0 Å². The zero-order chi connectivity index (χ0) is 11.0. The predicted octanol–water partition coefficient (Wildman–Crippen LogP) is 0.545. The summed E-state index contributed by atoms with van der Waals surface area (Å²) in [4.78, 5) is 10.8. The van der Waals surface area contributed by atoms with Crippen LogP contribution in [-0.2, 0) is 0 Å². The van der Waals surface area contributed by atoms with E-state index in [-0.39, 0.29) is 0 Å². The van der Waals surface area contributed by atoms with Gasteiger partial charge in [0, 0.05) is 25.3 Å². The van der Waals surface area contributed by atoms with E-state index in [0.717, 1.165) is 24.8 Å². The van der Waals surface area contributed by atoms with Gasteiger partial charge in [-0.3, -0.25) is 0 Å². The summed E-state index contributed by atoms with van der Waals surface area (Å²) in [5.74, 6) is 0.692. The van der Waals surface area contributed by atoms with Crippen molar-refractivity contribution in [3.63, 3.8) is 0 Å². The molecular formula is C10H13N5O. The topological polar surface area (TPSA) is 81.1 Å². The lowest BCUT2D eigenvalue weighted by atomic mass is 10.2. The van der Waals surface area contributed by atoms with Crippen molar-refractivity contribution in [1.82, 2.24) is 15.1 Å². The number of hydrogen-bond donors (Lipinski definition) is 1. The maximum Gasteiger partial charge on any atom is 0.262 e. The van der Waals surface area contributed by atoms with Crippen molar-refractivity contribution >= 4 is 17.0 Å². The van der Waals surface area contributed by atoms with Gasteiger partial charge in [-0.2, -0.15) is 4.98 Å².